The summed E-state index contributed by atoms with van der Waals surface area (Å²) in [6.45, 7) is 11.4. The van der Waals surface area contributed by atoms with Gasteiger partial charge >= 0.3 is 0 Å². The zero-order chi connectivity index (χ0) is 16.4. The molecule has 3 heteroatoms. The Morgan fingerprint density at radius 1 is 1.38 bits per heavy atom. The molecule has 2 rings (SSSR count). The number of aromatic nitrogens is 1. The van der Waals surface area contributed by atoms with E-state index < -0.39 is 6.04 Å². The van der Waals surface area contributed by atoms with Crippen molar-refractivity contribution in [1.29, 1.82) is 0 Å². The molecule has 0 radical (unpaired) electrons. The third-order valence-corrected chi connectivity index (χ3v) is 2.82. The lowest BCUT2D eigenvalue weighted by Gasteiger charge is -2.08. The second kappa shape index (κ2) is 9.68. The van der Waals surface area contributed by atoms with Gasteiger partial charge in [-0.25, -0.2) is 0 Å². The van der Waals surface area contributed by atoms with Gasteiger partial charge in [0.05, 0.1) is 11.6 Å². The third kappa shape index (κ3) is 4.70. The molecule has 0 amide bonds. The smallest absolute Gasteiger partial charge is 0.102 e. The Kier molecular flexibility index (Phi) is 8.68. The summed E-state index contributed by atoms with van der Waals surface area (Å²) in [7, 11) is 0. The third-order valence-electron chi connectivity index (χ3n) is 2.82. The van der Waals surface area contributed by atoms with Gasteiger partial charge < -0.3 is 15.8 Å². The molecular weight excluding hydrogens is 260 g/mol. The minimum absolute atomic E-state index is 0.00699. The summed E-state index contributed by atoms with van der Waals surface area (Å²) in [6.07, 6.45) is 7.83. The molecule has 0 aliphatic rings. The number of benzene rings is 1. The van der Waals surface area contributed by atoms with Crippen LogP contribution in [0.5, 0.6) is 0 Å². The fourth-order valence-corrected chi connectivity index (χ4v) is 1.86. The normalized spacial score (nSPS) is 10.5. The second-order valence-corrected chi connectivity index (χ2v) is 3.99. The molecule has 1 unspecified atom stereocenters. The zero-order valence-electron chi connectivity index (χ0n) is 13.4. The van der Waals surface area contributed by atoms with Crippen molar-refractivity contribution >= 4 is 10.9 Å². The maximum absolute atomic E-state index is 9.23. The van der Waals surface area contributed by atoms with Crippen LogP contribution in [0.25, 0.3) is 10.9 Å². The predicted molar refractivity (Wildman–Crippen MR) is 92.4 cm³/mol. The summed E-state index contributed by atoms with van der Waals surface area (Å²) in [5, 5.41) is 10.3. The molecule has 0 aliphatic heterocycles. The number of terminal acetylenes is 1. The average molecular weight is 286 g/mol. The van der Waals surface area contributed by atoms with Gasteiger partial charge in [-0.15, -0.1) is 6.42 Å². The van der Waals surface area contributed by atoms with Crippen LogP contribution in [-0.4, -0.2) is 16.1 Å². The first-order chi connectivity index (χ1) is 10.1. The molecule has 1 heterocycles. The Bertz CT molecular complexity index is 605. The lowest BCUT2D eigenvalue weighted by molar-refractivity contribution is 0.369. The number of aliphatic hydroxyl groups is 1. The molecule has 21 heavy (non-hydrogen) atoms. The Morgan fingerprint density at radius 3 is 2.52 bits per heavy atom. The minimum Gasteiger partial charge on any atom is -0.511 e. The molecule has 1 atom stereocenters. The molecule has 114 valence electrons. The summed E-state index contributed by atoms with van der Waals surface area (Å²) in [5.74, 6) is 2.62. The molecule has 3 nitrogen and oxygen atoms in total. The van der Waals surface area contributed by atoms with Crippen LogP contribution in [0.1, 0.15) is 38.8 Å². The van der Waals surface area contributed by atoms with E-state index in [-0.39, 0.29) is 5.76 Å². The van der Waals surface area contributed by atoms with Crippen LogP contribution in [-0.2, 0) is 6.42 Å². The van der Waals surface area contributed by atoms with Crippen molar-refractivity contribution in [2.75, 3.05) is 0 Å². The number of hydrogen-bond donors (Lipinski definition) is 3. The predicted octanol–water partition coefficient (Wildman–Crippen LogP) is 4.14. The number of para-hydroxylation sites is 1. The van der Waals surface area contributed by atoms with Gasteiger partial charge in [0.25, 0.3) is 0 Å². The molecule has 2 aromatic rings. The SMILES string of the molecule is C#Cc1cccc2c(CC(N)C(=C)O)c[nH]c12.CC.CC. The molecule has 1 aromatic carbocycles. The van der Waals surface area contributed by atoms with E-state index in [9.17, 15) is 5.11 Å². The highest BCUT2D eigenvalue weighted by Gasteiger charge is 2.11. The number of nitrogens with two attached hydrogens (primary N) is 1. The van der Waals surface area contributed by atoms with Gasteiger partial charge in [-0.3, -0.25) is 0 Å². The molecular formula is C18H26N2O. The first-order valence-corrected chi connectivity index (χ1v) is 7.32. The number of H-pyrrole nitrogens is 1. The topological polar surface area (TPSA) is 62.0 Å². The number of hydrogen-bond acceptors (Lipinski definition) is 2. The Morgan fingerprint density at radius 2 is 2.00 bits per heavy atom. The number of nitrogens with one attached hydrogen (secondary N) is 1. The fourth-order valence-electron chi connectivity index (χ4n) is 1.86. The van der Waals surface area contributed by atoms with Crippen molar-refractivity contribution in [3.8, 4) is 12.3 Å². The van der Waals surface area contributed by atoms with E-state index in [1.165, 1.54) is 0 Å². The van der Waals surface area contributed by atoms with Crippen molar-refractivity contribution < 1.29 is 5.11 Å². The summed E-state index contributed by atoms with van der Waals surface area (Å²) >= 11 is 0. The molecule has 0 saturated heterocycles. The summed E-state index contributed by atoms with van der Waals surface area (Å²) < 4.78 is 0. The quantitative estimate of drug-likeness (QED) is 0.586. The van der Waals surface area contributed by atoms with Crippen LogP contribution >= 0.6 is 0 Å². The van der Waals surface area contributed by atoms with Crippen LogP contribution in [0.2, 0.25) is 0 Å². The van der Waals surface area contributed by atoms with Gasteiger partial charge in [-0.05, 0) is 18.1 Å². The highest BCUT2D eigenvalue weighted by Crippen LogP contribution is 2.22. The van der Waals surface area contributed by atoms with E-state index in [2.05, 4.69) is 17.5 Å². The lowest BCUT2D eigenvalue weighted by Crippen LogP contribution is -2.24. The van der Waals surface area contributed by atoms with Gasteiger partial charge in [0.2, 0.25) is 0 Å². The highest BCUT2D eigenvalue weighted by molar-refractivity contribution is 5.88. The van der Waals surface area contributed by atoms with E-state index in [1.807, 2.05) is 52.1 Å². The maximum Gasteiger partial charge on any atom is 0.102 e. The van der Waals surface area contributed by atoms with Crippen molar-refractivity contribution in [3.63, 3.8) is 0 Å². The van der Waals surface area contributed by atoms with Crippen molar-refractivity contribution in [1.82, 2.24) is 4.98 Å². The largest absolute Gasteiger partial charge is 0.511 e. The van der Waals surface area contributed by atoms with Gasteiger partial charge in [-0.1, -0.05) is 52.3 Å². The number of rotatable bonds is 3. The molecule has 4 N–H and O–H groups in total. The monoisotopic (exact) mass is 286 g/mol. The standard InChI is InChI=1S/C14H14N2O.2C2H6/c1-3-10-5-4-6-12-11(8-16-14(10)12)7-13(15)9(2)17;2*1-2/h1,4-6,8,13,16-17H,2,7,15H2;2*1-2H3. The number of aliphatic hydroxyl groups excluding tert-OH is 1. The van der Waals surface area contributed by atoms with Crippen molar-refractivity contribution in [2.45, 2.75) is 40.2 Å². The molecule has 0 fully saturated rings. The van der Waals surface area contributed by atoms with Crippen molar-refractivity contribution in [3.05, 3.63) is 47.9 Å². The van der Waals surface area contributed by atoms with Crippen molar-refractivity contribution in [2.24, 2.45) is 5.73 Å². The van der Waals surface area contributed by atoms with Crippen LogP contribution in [0, 0.1) is 12.3 Å². The van der Waals surface area contributed by atoms with E-state index in [0.29, 0.717) is 6.42 Å². The number of aromatic amines is 1. The number of fused-ring (bicyclic) bond motifs is 1. The first-order valence-electron chi connectivity index (χ1n) is 7.32. The molecule has 0 aliphatic carbocycles. The molecule has 1 aromatic heterocycles. The summed E-state index contributed by atoms with van der Waals surface area (Å²) in [5.41, 5.74) is 8.55. The molecule has 0 saturated carbocycles. The van der Waals surface area contributed by atoms with Crippen LogP contribution < -0.4 is 5.73 Å². The van der Waals surface area contributed by atoms with E-state index >= 15 is 0 Å². The van der Waals surface area contributed by atoms with Gasteiger partial charge in [-0.2, -0.15) is 0 Å². The fraction of sp³-hybridized carbons (Fsp3) is 0.333. The van der Waals surface area contributed by atoms with Crippen LogP contribution in [0.15, 0.2) is 36.7 Å². The second-order valence-electron chi connectivity index (χ2n) is 3.99. The van der Waals surface area contributed by atoms with E-state index in [4.69, 9.17) is 12.2 Å². The maximum atomic E-state index is 9.23. The summed E-state index contributed by atoms with van der Waals surface area (Å²) in [4.78, 5) is 3.14. The Hall–Kier alpha value is -2.18. The Balaban J connectivity index is 0.000000921. The first kappa shape index (κ1) is 18.8. The highest BCUT2D eigenvalue weighted by atomic mass is 16.3. The van der Waals surface area contributed by atoms with E-state index in [1.54, 1.807) is 0 Å². The van der Waals surface area contributed by atoms with E-state index in [0.717, 1.165) is 22.0 Å². The van der Waals surface area contributed by atoms with Gasteiger partial charge in [0, 0.05) is 17.1 Å². The Labute approximate surface area is 127 Å². The van der Waals surface area contributed by atoms with Gasteiger partial charge in [0.1, 0.15) is 5.76 Å². The zero-order valence-corrected chi connectivity index (χ0v) is 13.4. The summed E-state index contributed by atoms with van der Waals surface area (Å²) in [6, 6.07) is 5.32. The van der Waals surface area contributed by atoms with Gasteiger partial charge in [0.15, 0.2) is 0 Å². The average Bonchev–Trinajstić information content (AvgIpc) is 2.94. The molecule has 0 spiro atoms. The lowest BCUT2D eigenvalue weighted by atomic mass is 10.0. The minimum atomic E-state index is -0.455. The van der Waals surface area contributed by atoms with Crippen LogP contribution in [0.4, 0.5) is 0 Å². The van der Waals surface area contributed by atoms with Crippen LogP contribution in [0.3, 0.4) is 0 Å². The molecule has 0 bridgehead atoms.